The van der Waals surface area contributed by atoms with Gasteiger partial charge in [0, 0.05) is 22.7 Å². The number of carbonyl (C=O) groups is 1. The Balaban J connectivity index is 2.15. The lowest BCUT2D eigenvalue weighted by Gasteiger charge is -2.07. The van der Waals surface area contributed by atoms with Crippen molar-refractivity contribution in [1.29, 1.82) is 0 Å². The summed E-state index contributed by atoms with van der Waals surface area (Å²) < 4.78 is 5.11. The predicted molar refractivity (Wildman–Crippen MR) is 71.0 cm³/mol. The van der Waals surface area contributed by atoms with Gasteiger partial charge in [-0.15, -0.1) is 0 Å². The molecule has 1 aromatic carbocycles. The average molecular weight is 281 g/mol. The number of rotatable bonds is 4. The SMILES string of the molecule is C[C@@H](CO)NC(=O)c1cc(-c2ccc(Cl)cc2)on1. The van der Waals surface area contributed by atoms with E-state index < -0.39 is 0 Å². The minimum atomic E-state index is -0.384. The molecule has 2 N–H and O–H groups in total. The van der Waals surface area contributed by atoms with E-state index in [1.165, 1.54) is 0 Å². The van der Waals surface area contributed by atoms with Crippen LogP contribution >= 0.6 is 11.6 Å². The third-order valence-corrected chi connectivity index (χ3v) is 2.77. The first-order chi connectivity index (χ1) is 9.10. The van der Waals surface area contributed by atoms with Gasteiger partial charge in [0.25, 0.3) is 5.91 Å². The Morgan fingerprint density at radius 1 is 1.47 bits per heavy atom. The van der Waals surface area contributed by atoms with Crippen molar-refractivity contribution in [3.05, 3.63) is 41.0 Å². The molecule has 0 fully saturated rings. The third kappa shape index (κ3) is 3.33. The molecule has 0 saturated carbocycles. The van der Waals surface area contributed by atoms with Crippen molar-refractivity contribution < 1.29 is 14.4 Å². The fraction of sp³-hybridized carbons (Fsp3) is 0.231. The largest absolute Gasteiger partial charge is 0.394 e. The van der Waals surface area contributed by atoms with Gasteiger partial charge in [-0.1, -0.05) is 16.8 Å². The summed E-state index contributed by atoms with van der Waals surface area (Å²) in [6.45, 7) is 1.56. The molecule has 1 heterocycles. The molecule has 0 aliphatic heterocycles. The number of hydrogen-bond donors (Lipinski definition) is 2. The van der Waals surface area contributed by atoms with Crippen LogP contribution in [0.5, 0.6) is 0 Å². The number of benzene rings is 1. The molecule has 0 saturated heterocycles. The number of halogens is 1. The van der Waals surface area contributed by atoms with Crippen molar-refractivity contribution in [3.63, 3.8) is 0 Å². The fourth-order valence-electron chi connectivity index (χ4n) is 1.48. The van der Waals surface area contributed by atoms with Gasteiger partial charge in [0.1, 0.15) is 0 Å². The van der Waals surface area contributed by atoms with Gasteiger partial charge < -0.3 is 14.9 Å². The Hall–Kier alpha value is -1.85. The normalized spacial score (nSPS) is 12.2. The molecule has 100 valence electrons. The van der Waals surface area contributed by atoms with E-state index in [9.17, 15) is 4.79 Å². The van der Waals surface area contributed by atoms with Crippen molar-refractivity contribution in [2.24, 2.45) is 0 Å². The van der Waals surface area contributed by atoms with E-state index >= 15 is 0 Å². The first-order valence-electron chi connectivity index (χ1n) is 5.74. The fourth-order valence-corrected chi connectivity index (χ4v) is 1.60. The minimum absolute atomic E-state index is 0.131. The molecule has 0 bridgehead atoms. The van der Waals surface area contributed by atoms with Crippen LogP contribution in [0.25, 0.3) is 11.3 Å². The summed E-state index contributed by atoms with van der Waals surface area (Å²) in [5, 5.41) is 15.8. The predicted octanol–water partition coefficient (Wildman–Crippen LogP) is 2.11. The van der Waals surface area contributed by atoms with Gasteiger partial charge in [-0.2, -0.15) is 0 Å². The number of amides is 1. The highest BCUT2D eigenvalue weighted by Gasteiger charge is 2.15. The molecule has 19 heavy (non-hydrogen) atoms. The van der Waals surface area contributed by atoms with Crippen LogP contribution in [0, 0.1) is 0 Å². The lowest BCUT2D eigenvalue weighted by atomic mass is 10.1. The number of aliphatic hydroxyl groups excluding tert-OH is 1. The molecule has 0 spiro atoms. The second-order valence-electron chi connectivity index (χ2n) is 4.14. The zero-order chi connectivity index (χ0) is 13.8. The van der Waals surface area contributed by atoms with Crippen LogP contribution in [0.3, 0.4) is 0 Å². The second-order valence-corrected chi connectivity index (χ2v) is 4.58. The molecular formula is C13H13ClN2O3. The number of nitrogens with one attached hydrogen (secondary N) is 1. The first kappa shape index (κ1) is 13.6. The molecule has 1 aromatic heterocycles. The summed E-state index contributed by atoms with van der Waals surface area (Å²) in [4.78, 5) is 11.7. The summed E-state index contributed by atoms with van der Waals surface area (Å²) in [6, 6.07) is 8.23. The van der Waals surface area contributed by atoms with Gasteiger partial charge in [0.05, 0.1) is 6.61 Å². The standard InChI is InChI=1S/C13H13ClN2O3/c1-8(7-17)15-13(18)11-6-12(19-16-11)9-2-4-10(14)5-3-9/h2-6,8,17H,7H2,1H3,(H,15,18)/t8-/m0/s1. The average Bonchev–Trinajstić information content (AvgIpc) is 2.89. The Morgan fingerprint density at radius 2 is 2.16 bits per heavy atom. The topological polar surface area (TPSA) is 75.4 Å². The van der Waals surface area contributed by atoms with Gasteiger partial charge in [0.15, 0.2) is 11.5 Å². The molecule has 1 amide bonds. The van der Waals surface area contributed by atoms with Gasteiger partial charge in [0.2, 0.25) is 0 Å². The third-order valence-electron chi connectivity index (χ3n) is 2.52. The van der Waals surface area contributed by atoms with Crippen molar-refractivity contribution in [2.75, 3.05) is 6.61 Å². The van der Waals surface area contributed by atoms with E-state index in [0.29, 0.717) is 10.8 Å². The molecule has 0 radical (unpaired) electrons. The molecule has 0 aliphatic carbocycles. The molecule has 2 rings (SSSR count). The van der Waals surface area contributed by atoms with E-state index in [0.717, 1.165) is 5.56 Å². The molecule has 6 heteroatoms. The number of carbonyl (C=O) groups excluding carboxylic acids is 1. The highest BCUT2D eigenvalue weighted by molar-refractivity contribution is 6.30. The molecule has 0 aliphatic rings. The van der Waals surface area contributed by atoms with Crippen LogP contribution in [0.4, 0.5) is 0 Å². The molecule has 5 nitrogen and oxygen atoms in total. The Kier molecular flexibility index (Phi) is 4.19. The quantitative estimate of drug-likeness (QED) is 0.899. The molecule has 1 atom stereocenters. The van der Waals surface area contributed by atoms with Crippen LogP contribution < -0.4 is 5.32 Å². The van der Waals surface area contributed by atoms with Gasteiger partial charge in [-0.25, -0.2) is 0 Å². The van der Waals surface area contributed by atoms with Crippen molar-refractivity contribution in [1.82, 2.24) is 10.5 Å². The maximum atomic E-state index is 11.7. The van der Waals surface area contributed by atoms with Gasteiger partial charge in [-0.05, 0) is 31.2 Å². The van der Waals surface area contributed by atoms with E-state index in [-0.39, 0.29) is 24.2 Å². The van der Waals surface area contributed by atoms with E-state index in [2.05, 4.69) is 10.5 Å². The lowest BCUT2D eigenvalue weighted by molar-refractivity contribution is 0.0913. The second kappa shape index (κ2) is 5.86. The van der Waals surface area contributed by atoms with Crippen molar-refractivity contribution >= 4 is 17.5 Å². The van der Waals surface area contributed by atoms with Crippen LogP contribution in [-0.2, 0) is 0 Å². The number of aliphatic hydroxyl groups is 1. The smallest absolute Gasteiger partial charge is 0.273 e. The van der Waals surface area contributed by atoms with E-state index in [4.69, 9.17) is 21.2 Å². The maximum absolute atomic E-state index is 11.7. The monoisotopic (exact) mass is 280 g/mol. The maximum Gasteiger partial charge on any atom is 0.273 e. The zero-order valence-corrected chi connectivity index (χ0v) is 11.0. The van der Waals surface area contributed by atoms with Crippen molar-refractivity contribution in [2.45, 2.75) is 13.0 Å². The van der Waals surface area contributed by atoms with Crippen LogP contribution in [0.1, 0.15) is 17.4 Å². The highest BCUT2D eigenvalue weighted by Crippen LogP contribution is 2.22. The van der Waals surface area contributed by atoms with E-state index in [1.807, 2.05) is 0 Å². The number of hydrogen-bond acceptors (Lipinski definition) is 4. The summed E-state index contributed by atoms with van der Waals surface area (Å²) in [7, 11) is 0. The van der Waals surface area contributed by atoms with Crippen molar-refractivity contribution in [3.8, 4) is 11.3 Å². The minimum Gasteiger partial charge on any atom is -0.394 e. The number of aromatic nitrogens is 1. The Morgan fingerprint density at radius 3 is 2.79 bits per heavy atom. The number of nitrogens with zero attached hydrogens (tertiary/aromatic N) is 1. The first-order valence-corrected chi connectivity index (χ1v) is 6.12. The summed E-state index contributed by atoms with van der Waals surface area (Å²) >= 11 is 5.79. The highest BCUT2D eigenvalue weighted by atomic mass is 35.5. The summed E-state index contributed by atoms with van der Waals surface area (Å²) in [5.41, 5.74) is 0.955. The van der Waals surface area contributed by atoms with Crippen LogP contribution in [0.15, 0.2) is 34.9 Å². The molecule has 0 unspecified atom stereocenters. The summed E-state index contributed by atoms with van der Waals surface area (Å²) in [6.07, 6.45) is 0. The zero-order valence-electron chi connectivity index (χ0n) is 10.3. The Labute approximate surface area is 115 Å². The van der Waals surface area contributed by atoms with Crippen LogP contribution in [-0.4, -0.2) is 28.8 Å². The van der Waals surface area contributed by atoms with E-state index in [1.54, 1.807) is 37.3 Å². The summed E-state index contributed by atoms with van der Waals surface area (Å²) in [5.74, 6) is 0.101. The molecular weight excluding hydrogens is 268 g/mol. The van der Waals surface area contributed by atoms with Crippen LogP contribution in [0.2, 0.25) is 5.02 Å². The Bertz CT molecular complexity index is 566. The van der Waals surface area contributed by atoms with Gasteiger partial charge >= 0.3 is 0 Å². The van der Waals surface area contributed by atoms with Gasteiger partial charge in [-0.3, -0.25) is 4.79 Å². The lowest BCUT2D eigenvalue weighted by Crippen LogP contribution is -2.35. The molecule has 2 aromatic rings.